The lowest BCUT2D eigenvalue weighted by Crippen LogP contribution is -2.28. The molecule has 0 aromatic carbocycles. The van der Waals surface area contributed by atoms with Crippen molar-refractivity contribution in [2.45, 2.75) is 39.2 Å². The second-order valence-corrected chi connectivity index (χ2v) is 3.58. The number of esters is 1. The highest BCUT2D eigenvalue weighted by Crippen LogP contribution is 2.06. The van der Waals surface area contributed by atoms with Gasteiger partial charge < -0.3 is 15.2 Å². The zero-order chi connectivity index (χ0) is 12.6. The van der Waals surface area contributed by atoms with Gasteiger partial charge in [0.2, 0.25) is 0 Å². The van der Waals surface area contributed by atoms with Crippen molar-refractivity contribution in [2.75, 3.05) is 6.61 Å². The number of carbonyl (C=O) groups is 2. The predicted octanol–water partition coefficient (Wildman–Crippen LogP) is 1.76. The van der Waals surface area contributed by atoms with Crippen molar-refractivity contribution in [2.24, 2.45) is 5.73 Å². The van der Waals surface area contributed by atoms with Crippen LogP contribution in [0.4, 0.5) is 4.79 Å². The molecule has 0 aromatic rings. The fourth-order valence-electron chi connectivity index (χ4n) is 1.06. The molecule has 0 bridgehead atoms. The highest BCUT2D eigenvalue weighted by atomic mass is 16.6. The molecule has 0 spiro atoms. The minimum atomic E-state index is -0.854. The Labute approximate surface area is 95.6 Å². The van der Waals surface area contributed by atoms with Gasteiger partial charge in [-0.15, -0.1) is 0 Å². The second kappa shape index (κ2) is 7.73. The Morgan fingerprint density at radius 3 is 2.50 bits per heavy atom. The van der Waals surface area contributed by atoms with Gasteiger partial charge in [-0.1, -0.05) is 19.9 Å². The summed E-state index contributed by atoms with van der Waals surface area (Å²) in [5, 5.41) is 0. The zero-order valence-corrected chi connectivity index (χ0v) is 9.82. The molecule has 0 fully saturated rings. The Bertz CT molecular complexity index is 263. The number of hydrogen-bond acceptors (Lipinski definition) is 4. The van der Waals surface area contributed by atoms with Crippen molar-refractivity contribution in [3.63, 3.8) is 0 Å². The molecule has 0 radical (unpaired) electrons. The normalized spacial score (nSPS) is 11.6. The van der Waals surface area contributed by atoms with Crippen molar-refractivity contribution in [3.8, 4) is 0 Å². The molecule has 0 aliphatic heterocycles. The topological polar surface area (TPSA) is 78.6 Å². The quantitative estimate of drug-likeness (QED) is 0.533. The summed E-state index contributed by atoms with van der Waals surface area (Å²) >= 11 is 0. The monoisotopic (exact) mass is 229 g/mol. The molecular formula is C11H19NO4. The summed E-state index contributed by atoms with van der Waals surface area (Å²) in [5.74, 6) is -0.491. The van der Waals surface area contributed by atoms with Crippen LogP contribution in [0.15, 0.2) is 12.2 Å². The smallest absolute Gasteiger partial charge is 0.404 e. The number of hydrogen-bond donors (Lipinski definition) is 1. The molecule has 5 nitrogen and oxygen atoms in total. The molecular weight excluding hydrogens is 210 g/mol. The molecule has 0 aromatic heterocycles. The van der Waals surface area contributed by atoms with Crippen molar-refractivity contribution >= 4 is 12.1 Å². The van der Waals surface area contributed by atoms with Crippen molar-refractivity contribution in [1.29, 1.82) is 0 Å². The average molecular weight is 229 g/mol. The lowest BCUT2D eigenvalue weighted by atomic mass is 10.2. The molecule has 92 valence electrons. The van der Waals surface area contributed by atoms with Crippen LogP contribution < -0.4 is 5.73 Å². The lowest BCUT2D eigenvalue weighted by molar-refractivity contribution is -0.142. The number of ether oxygens (including phenoxy) is 2. The van der Waals surface area contributed by atoms with Gasteiger partial charge in [-0.05, 0) is 19.8 Å². The Morgan fingerprint density at radius 2 is 2.06 bits per heavy atom. The van der Waals surface area contributed by atoms with E-state index >= 15 is 0 Å². The number of carbonyl (C=O) groups excluding carboxylic acids is 2. The van der Waals surface area contributed by atoms with Gasteiger partial charge in [0.05, 0.1) is 0 Å². The van der Waals surface area contributed by atoms with Crippen LogP contribution in [0, 0.1) is 0 Å². The molecule has 0 aliphatic carbocycles. The van der Waals surface area contributed by atoms with Crippen LogP contribution in [0.5, 0.6) is 0 Å². The summed E-state index contributed by atoms with van der Waals surface area (Å²) in [6.07, 6.45) is 1.15. The highest BCUT2D eigenvalue weighted by molar-refractivity contribution is 5.86. The van der Waals surface area contributed by atoms with E-state index in [9.17, 15) is 9.59 Å². The highest BCUT2D eigenvalue weighted by Gasteiger charge is 2.15. The Kier molecular flexibility index (Phi) is 7.00. The average Bonchev–Trinajstić information content (AvgIpc) is 2.20. The Morgan fingerprint density at radius 1 is 1.44 bits per heavy atom. The molecule has 0 heterocycles. The van der Waals surface area contributed by atoms with E-state index in [2.05, 4.69) is 6.58 Å². The minimum absolute atomic E-state index is 0.0225. The fraction of sp³-hybridized carbons (Fsp3) is 0.636. The van der Waals surface area contributed by atoms with Crippen molar-refractivity contribution in [3.05, 3.63) is 12.2 Å². The SMILES string of the molecule is C=C(C)C(=O)OCC(CCCC)OC(N)=O. The largest absolute Gasteiger partial charge is 0.458 e. The Balaban J connectivity index is 4.04. The lowest BCUT2D eigenvalue weighted by Gasteiger charge is -2.16. The number of amides is 1. The van der Waals surface area contributed by atoms with Crippen LogP contribution in [0.25, 0.3) is 0 Å². The molecule has 0 aliphatic rings. The summed E-state index contributed by atoms with van der Waals surface area (Å²) in [6.45, 7) is 7.04. The maximum Gasteiger partial charge on any atom is 0.404 e. The molecule has 1 unspecified atom stereocenters. The van der Waals surface area contributed by atoms with Gasteiger partial charge in [-0.2, -0.15) is 0 Å². The van der Waals surface area contributed by atoms with E-state index in [1.54, 1.807) is 6.92 Å². The molecule has 2 N–H and O–H groups in total. The Hall–Kier alpha value is -1.52. The summed E-state index contributed by atoms with van der Waals surface area (Å²) < 4.78 is 9.71. The van der Waals surface area contributed by atoms with E-state index in [-0.39, 0.29) is 6.61 Å². The van der Waals surface area contributed by atoms with Gasteiger partial charge in [-0.3, -0.25) is 0 Å². The van der Waals surface area contributed by atoms with Crippen LogP contribution in [0.3, 0.4) is 0 Å². The number of primary amides is 1. The molecule has 0 rings (SSSR count). The van der Waals surface area contributed by atoms with Crippen LogP contribution in [-0.4, -0.2) is 24.8 Å². The van der Waals surface area contributed by atoms with Gasteiger partial charge in [0.25, 0.3) is 0 Å². The van der Waals surface area contributed by atoms with E-state index in [0.29, 0.717) is 12.0 Å². The van der Waals surface area contributed by atoms with Gasteiger partial charge in [0.15, 0.2) is 0 Å². The van der Waals surface area contributed by atoms with E-state index in [0.717, 1.165) is 12.8 Å². The van der Waals surface area contributed by atoms with Gasteiger partial charge in [0, 0.05) is 5.57 Å². The molecule has 5 heteroatoms. The maximum atomic E-state index is 11.1. The second-order valence-electron chi connectivity index (χ2n) is 3.58. The van der Waals surface area contributed by atoms with E-state index in [1.807, 2.05) is 6.92 Å². The van der Waals surface area contributed by atoms with Gasteiger partial charge in [-0.25, -0.2) is 9.59 Å². The number of rotatable bonds is 7. The predicted molar refractivity (Wildman–Crippen MR) is 59.8 cm³/mol. The molecule has 1 amide bonds. The summed E-state index contributed by atoms with van der Waals surface area (Å²) in [4.78, 5) is 21.7. The standard InChI is InChI=1S/C11H19NO4/c1-4-5-6-9(16-11(12)14)7-15-10(13)8(2)3/h9H,2,4-7H2,1,3H3,(H2,12,14). The van der Waals surface area contributed by atoms with Crippen LogP contribution >= 0.6 is 0 Å². The van der Waals surface area contributed by atoms with Gasteiger partial charge >= 0.3 is 12.1 Å². The molecule has 16 heavy (non-hydrogen) atoms. The summed E-state index contributed by atoms with van der Waals surface area (Å²) in [6, 6.07) is 0. The third kappa shape index (κ3) is 6.86. The minimum Gasteiger partial charge on any atom is -0.458 e. The first kappa shape index (κ1) is 14.5. The van der Waals surface area contributed by atoms with Crippen molar-refractivity contribution < 1.29 is 19.1 Å². The first-order chi connectivity index (χ1) is 7.47. The first-order valence-electron chi connectivity index (χ1n) is 5.26. The third-order valence-electron chi connectivity index (χ3n) is 1.91. The number of unbranched alkanes of at least 4 members (excludes halogenated alkanes) is 1. The third-order valence-corrected chi connectivity index (χ3v) is 1.91. The van der Waals surface area contributed by atoms with E-state index < -0.39 is 18.2 Å². The van der Waals surface area contributed by atoms with Crippen molar-refractivity contribution in [1.82, 2.24) is 0 Å². The van der Waals surface area contributed by atoms with Crippen LogP contribution in [-0.2, 0) is 14.3 Å². The maximum absolute atomic E-state index is 11.1. The fourth-order valence-corrected chi connectivity index (χ4v) is 1.06. The summed E-state index contributed by atoms with van der Waals surface area (Å²) in [5.41, 5.74) is 5.23. The van der Waals surface area contributed by atoms with E-state index in [4.69, 9.17) is 15.2 Å². The molecule has 0 saturated heterocycles. The number of nitrogens with two attached hydrogens (primary N) is 1. The first-order valence-corrected chi connectivity index (χ1v) is 5.26. The molecule has 0 saturated carbocycles. The van der Waals surface area contributed by atoms with Crippen LogP contribution in [0.2, 0.25) is 0 Å². The zero-order valence-electron chi connectivity index (χ0n) is 9.82. The van der Waals surface area contributed by atoms with E-state index in [1.165, 1.54) is 0 Å². The summed E-state index contributed by atoms with van der Waals surface area (Å²) in [7, 11) is 0. The molecule has 1 atom stereocenters. The van der Waals surface area contributed by atoms with Crippen LogP contribution in [0.1, 0.15) is 33.1 Å². The van der Waals surface area contributed by atoms with Gasteiger partial charge in [0.1, 0.15) is 12.7 Å².